The summed E-state index contributed by atoms with van der Waals surface area (Å²) >= 11 is 0. The first kappa shape index (κ1) is 28.8. The van der Waals surface area contributed by atoms with Crippen LogP contribution in [0.3, 0.4) is 0 Å². The average molecular weight is 585 g/mol. The molecule has 2 heterocycles. The maximum absolute atomic E-state index is 13.9. The molecule has 4 fully saturated rings. The van der Waals surface area contributed by atoms with Gasteiger partial charge in [0, 0.05) is 20.3 Å². The number of hydrogen-bond acceptors (Lipinski definition) is 11. The molecule has 8 atom stereocenters. The Bertz CT molecular complexity index is 1390. The van der Waals surface area contributed by atoms with Crippen LogP contribution < -0.4 is 0 Å². The number of esters is 4. The SMILES string of the molecule is CC(=O)O[C@H]1C[C@H]2OC[C@@]2(OC(C)=O)C2[C@H](OC(=O)c3ccccc3)[C@]3(C(C)(C)O)CCC(C)=C3[C@@]3(O)C(=O)OC[C@]213. The third kappa shape index (κ3) is 3.38. The normalized spacial score (nSPS) is 40.0. The molecule has 1 aromatic carbocycles. The van der Waals surface area contributed by atoms with Gasteiger partial charge in [0.25, 0.3) is 0 Å². The minimum absolute atomic E-state index is 0.0104. The van der Waals surface area contributed by atoms with Crippen LogP contribution in [0, 0.1) is 16.7 Å². The van der Waals surface area contributed by atoms with E-state index < -0.39 is 82.3 Å². The molecule has 1 aromatic rings. The summed E-state index contributed by atoms with van der Waals surface area (Å²) in [4.78, 5) is 52.9. The summed E-state index contributed by atoms with van der Waals surface area (Å²) in [7, 11) is 0. The molecule has 1 unspecified atom stereocenters. The highest BCUT2D eigenvalue weighted by molar-refractivity contribution is 5.91. The van der Waals surface area contributed by atoms with Gasteiger partial charge in [-0.3, -0.25) is 9.59 Å². The van der Waals surface area contributed by atoms with Crippen LogP contribution in [-0.2, 0) is 38.1 Å². The zero-order chi connectivity index (χ0) is 30.5. The summed E-state index contributed by atoms with van der Waals surface area (Å²) in [5.74, 6) is -4.16. The molecule has 0 aromatic heterocycles. The first-order chi connectivity index (χ1) is 19.7. The molecule has 1 spiro atoms. The van der Waals surface area contributed by atoms with E-state index in [1.54, 1.807) is 51.1 Å². The van der Waals surface area contributed by atoms with Crippen LogP contribution in [0.2, 0.25) is 0 Å². The zero-order valence-electron chi connectivity index (χ0n) is 24.3. The highest BCUT2D eigenvalue weighted by Crippen LogP contribution is 2.75. The molecule has 2 saturated carbocycles. The monoisotopic (exact) mass is 584 g/mol. The largest absolute Gasteiger partial charge is 0.462 e. The van der Waals surface area contributed by atoms with Gasteiger partial charge in [0.1, 0.15) is 24.9 Å². The average Bonchev–Trinajstić information content (AvgIpc) is 3.40. The fraction of sp³-hybridized carbons (Fsp3) is 0.613. The molecule has 2 aliphatic heterocycles. The fourth-order valence-corrected chi connectivity index (χ4v) is 8.93. The van der Waals surface area contributed by atoms with Gasteiger partial charge in [0.05, 0.1) is 34.5 Å². The second-order valence-electron chi connectivity index (χ2n) is 12.9. The van der Waals surface area contributed by atoms with Gasteiger partial charge in [-0.2, -0.15) is 0 Å². The van der Waals surface area contributed by atoms with E-state index in [9.17, 15) is 29.4 Å². The van der Waals surface area contributed by atoms with Crippen LogP contribution in [0.4, 0.5) is 0 Å². The van der Waals surface area contributed by atoms with E-state index >= 15 is 0 Å². The number of ether oxygens (including phenoxy) is 5. The number of allylic oxidation sites excluding steroid dienone is 1. The van der Waals surface area contributed by atoms with Gasteiger partial charge >= 0.3 is 23.9 Å². The van der Waals surface area contributed by atoms with Gasteiger partial charge in [-0.05, 0) is 51.3 Å². The fourth-order valence-electron chi connectivity index (χ4n) is 8.93. The summed E-state index contributed by atoms with van der Waals surface area (Å²) in [6.07, 6.45) is -2.65. The molecule has 0 bridgehead atoms. The van der Waals surface area contributed by atoms with Crippen molar-refractivity contribution in [1.29, 1.82) is 0 Å². The maximum Gasteiger partial charge on any atom is 0.343 e. The number of hydrogen-bond donors (Lipinski definition) is 2. The molecule has 6 rings (SSSR count). The lowest BCUT2D eigenvalue weighted by molar-refractivity contribution is -0.369. The summed E-state index contributed by atoms with van der Waals surface area (Å²) in [5.41, 5.74) is -7.75. The van der Waals surface area contributed by atoms with Crippen molar-refractivity contribution in [2.75, 3.05) is 13.2 Å². The van der Waals surface area contributed by atoms with Crippen LogP contribution in [0.5, 0.6) is 0 Å². The quantitative estimate of drug-likeness (QED) is 0.297. The van der Waals surface area contributed by atoms with E-state index in [4.69, 9.17) is 23.7 Å². The number of rotatable bonds is 5. The molecule has 226 valence electrons. The lowest BCUT2D eigenvalue weighted by Crippen LogP contribution is -2.85. The molecule has 0 amide bonds. The van der Waals surface area contributed by atoms with Crippen molar-refractivity contribution in [2.45, 2.75) is 89.0 Å². The standard InChI is InChI=1S/C31H36O11/c1-16-11-12-28(27(4,5)36)22(16)31(37)26(35)39-14-29(31)20(40-17(2)32)13-21-30(15-38-21,42-18(3)33)23(29)24(28)41-25(34)19-9-7-6-8-10-19/h6-10,20-21,23-24,36-37H,11-15H2,1-5H3/t20-,21+,23?,24-,28-,29+,30-,31+/m0/s1. The zero-order valence-corrected chi connectivity index (χ0v) is 24.3. The number of aliphatic hydroxyl groups is 2. The van der Waals surface area contributed by atoms with Gasteiger partial charge in [-0.25, -0.2) is 9.59 Å². The molecule has 2 saturated heterocycles. The maximum atomic E-state index is 13.9. The third-order valence-corrected chi connectivity index (χ3v) is 10.4. The van der Waals surface area contributed by atoms with E-state index in [-0.39, 0.29) is 30.6 Å². The summed E-state index contributed by atoms with van der Waals surface area (Å²) in [5, 5.41) is 24.9. The second kappa shape index (κ2) is 9.11. The second-order valence-corrected chi connectivity index (χ2v) is 12.9. The Balaban J connectivity index is 1.69. The molecule has 3 aliphatic carbocycles. The van der Waals surface area contributed by atoms with Crippen molar-refractivity contribution in [3.05, 3.63) is 47.0 Å². The molecule has 42 heavy (non-hydrogen) atoms. The van der Waals surface area contributed by atoms with Crippen LogP contribution in [0.25, 0.3) is 0 Å². The van der Waals surface area contributed by atoms with Crippen molar-refractivity contribution < 1.29 is 53.1 Å². The lowest BCUT2D eigenvalue weighted by atomic mass is 9.38. The Morgan fingerprint density at radius 3 is 2.31 bits per heavy atom. The summed E-state index contributed by atoms with van der Waals surface area (Å²) < 4.78 is 29.9. The van der Waals surface area contributed by atoms with E-state index in [1.807, 2.05) is 0 Å². The first-order valence-electron chi connectivity index (χ1n) is 14.2. The van der Waals surface area contributed by atoms with Gasteiger partial charge in [-0.1, -0.05) is 23.8 Å². The van der Waals surface area contributed by atoms with Crippen LogP contribution in [0.1, 0.15) is 64.2 Å². The Morgan fingerprint density at radius 1 is 1.05 bits per heavy atom. The minimum atomic E-state index is -2.40. The molecule has 5 aliphatic rings. The number of carbonyl (C=O) groups excluding carboxylic acids is 4. The van der Waals surface area contributed by atoms with Crippen molar-refractivity contribution in [1.82, 2.24) is 0 Å². The topological polar surface area (TPSA) is 155 Å². The molecular formula is C31H36O11. The number of benzene rings is 1. The molecular weight excluding hydrogens is 548 g/mol. The predicted octanol–water partition coefficient (Wildman–Crippen LogP) is 2.02. The summed E-state index contributed by atoms with van der Waals surface area (Å²) in [6.45, 7) is 6.78. The van der Waals surface area contributed by atoms with Crippen molar-refractivity contribution in [2.24, 2.45) is 16.7 Å². The number of cyclic esters (lactones) is 1. The van der Waals surface area contributed by atoms with Gasteiger partial charge < -0.3 is 33.9 Å². The number of carbonyl (C=O) groups is 4. The lowest BCUT2D eigenvalue weighted by Gasteiger charge is -2.70. The highest BCUT2D eigenvalue weighted by Gasteiger charge is 2.89. The summed E-state index contributed by atoms with van der Waals surface area (Å²) in [6, 6.07) is 8.31. The van der Waals surface area contributed by atoms with Crippen LogP contribution >= 0.6 is 0 Å². The van der Waals surface area contributed by atoms with Crippen molar-refractivity contribution >= 4 is 23.9 Å². The van der Waals surface area contributed by atoms with Gasteiger partial charge in [-0.15, -0.1) is 0 Å². The van der Waals surface area contributed by atoms with E-state index in [0.29, 0.717) is 12.0 Å². The van der Waals surface area contributed by atoms with Crippen molar-refractivity contribution in [3.8, 4) is 0 Å². The molecule has 11 heteroatoms. The third-order valence-electron chi connectivity index (χ3n) is 10.4. The highest BCUT2D eigenvalue weighted by atomic mass is 16.6. The Labute approximate surface area is 243 Å². The first-order valence-corrected chi connectivity index (χ1v) is 14.2. The van der Waals surface area contributed by atoms with Crippen LogP contribution in [0.15, 0.2) is 41.5 Å². The molecule has 11 nitrogen and oxygen atoms in total. The predicted molar refractivity (Wildman–Crippen MR) is 143 cm³/mol. The Kier molecular flexibility index (Phi) is 6.25. The van der Waals surface area contributed by atoms with Crippen LogP contribution in [-0.4, -0.2) is 82.4 Å². The van der Waals surface area contributed by atoms with E-state index in [0.717, 1.165) is 0 Å². The smallest absolute Gasteiger partial charge is 0.343 e. The minimum Gasteiger partial charge on any atom is -0.462 e. The van der Waals surface area contributed by atoms with Crippen molar-refractivity contribution in [3.63, 3.8) is 0 Å². The Hall–Kier alpha value is -3.28. The van der Waals surface area contributed by atoms with Gasteiger partial charge in [0.2, 0.25) is 0 Å². The van der Waals surface area contributed by atoms with E-state index in [2.05, 4.69) is 0 Å². The molecule has 0 radical (unpaired) electrons. The Morgan fingerprint density at radius 2 is 1.74 bits per heavy atom. The van der Waals surface area contributed by atoms with Gasteiger partial charge in [0.15, 0.2) is 11.2 Å². The number of fused-ring (bicyclic) bond motifs is 4. The van der Waals surface area contributed by atoms with E-state index in [1.165, 1.54) is 13.8 Å². The molecule has 2 N–H and O–H groups in total.